The quantitative estimate of drug-likeness (QED) is 0.860. The lowest BCUT2D eigenvalue weighted by Gasteiger charge is -2.30. The standard InChI is InChI=1S/C11H18ClN3O2/c1-5-15-10(17)9(12)8(6-13-15)14-11(3,4)7(2)16/h6-7,14,16H,5H2,1-4H3. The Morgan fingerprint density at radius 2 is 2.24 bits per heavy atom. The SMILES string of the molecule is CCn1ncc(NC(C)(C)C(C)O)c(Cl)c1=O. The van der Waals surface area contributed by atoms with E-state index in [-0.39, 0.29) is 10.6 Å². The number of aromatic nitrogens is 2. The first-order valence-electron chi connectivity index (χ1n) is 5.51. The van der Waals surface area contributed by atoms with Gasteiger partial charge in [0, 0.05) is 6.54 Å². The minimum atomic E-state index is -0.591. The van der Waals surface area contributed by atoms with Gasteiger partial charge < -0.3 is 10.4 Å². The van der Waals surface area contributed by atoms with Crippen molar-refractivity contribution in [2.75, 3.05) is 5.32 Å². The van der Waals surface area contributed by atoms with Crippen LogP contribution in [0.2, 0.25) is 5.02 Å². The zero-order valence-electron chi connectivity index (χ0n) is 10.5. The summed E-state index contributed by atoms with van der Waals surface area (Å²) in [4.78, 5) is 11.7. The number of aryl methyl sites for hydroxylation is 1. The monoisotopic (exact) mass is 259 g/mol. The van der Waals surface area contributed by atoms with E-state index in [1.165, 1.54) is 10.9 Å². The molecule has 0 radical (unpaired) electrons. The second kappa shape index (κ2) is 5.06. The topological polar surface area (TPSA) is 67.2 Å². The molecule has 2 N–H and O–H groups in total. The van der Waals surface area contributed by atoms with Gasteiger partial charge in [-0.05, 0) is 27.7 Å². The van der Waals surface area contributed by atoms with Gasteiger partial charge in [0.25, 0.3) is 5.56 Å². The molecule has 0 aliphatic rings. The fourth-order valence-electron chi connectivity index (χ4n) is 1.23. The lowest BCUT2D eigenvalue weighted by molar-refractivity contribution is 0.133. The van der Waals surface area contributed by atoms with E-state index in [2.05, 4.69) is 10.4 Å². The molecule has 5 nitrogen and oxygen atoms in total. The van der Waals surface area contributed by atoms with E-state index < -0.39 is 11.6 Å². The largest absolute Gasteiger partial charge is 0.391 e. The van der Waals surface area contributed by atoms with E-state index in [9.17, 15) is 9.90 Å². The highest BCUT2D eigenvalue weighted by Crippen LogP contribution is 2.22. The normalized spacial score (nSPS) is 13.5. The van der Waals surface area contributed by atoms with Gasteiger partial charge >= 0.3 is 0 Å². The third kappa shape index (κ3) is 2.98. The predicted octanol–water partition coefficient (Wildman–Crippen LogP) is 1.49. The summed E-state index contributed by atoms with van der Waals surface area (Å²) in [7, 11) is 0. The van der Waals surface area contributed by atoms with E-state index in [4.69, 9.17) is 11.6 Å². The van der Waals surface area contributed by atoms with E-state index in [1.54, 1.807) is 6.92 Å². The van der Waals surface area contributed by atoms with Crippen LogP contribution in [-0.2, 0) is 6.54 Å². The molecule has 0 aromatic carbocycles. The predicted molar refractivity (Wildman–Crippen MR) is 68.6 cm³/mol. The van der Waals surface area contributed by atoms with E-state index in [1.807, 2.05) is 20.8 Å². The Morgan fingerprint density at radius 1 is 1.65 bits per heavy atom. The van der Waals surface area contributed by atoms with Crippen LogP contribution in [0.5, 0.6) is 0 Å². The molecule has 17 heavy (non-hydrogen) atoms. The molecule has 0 saturated carbocycles. The van der Waals surface area contributed by atoms with Crippen LogP contribution in [0.1, 0.15) is 27.7 Å². The molecule has 0 fully saturated rings. The van der Waals surface area contributed by atoms with E-state index in [0.717, 1.165) is 0 Å². The van der Waals surface area contributed by atoms with E-state index >= 15 is 0 Å². The molecule has 1 heterocycles. The minimum absolute atomic E-state index is 0.0931. The summed E-state index contributed by atoms with van der Waals surface area (Å²) in [6.07, 6.45) is 0.907. The first-order valence-corrected chi connectivity index (χ1v) is 5.89. The van der Waals surface area contributed by atoms with Gasteiger partial charge in [0.2, 0.25) is 0 Å². The molecule has 1 atom stereocenters. The molecule has 0 saturated heterocycles. The minimum Gasteiger partial charge on any atom is -0.391 e. The van der Waals surface area contributed by atoms with Crippen molar-refractivity contribution in [1.82, 2.24) is 9.78 Å². The Labute approximate surface area is 105 Å². The van der Waals surface area contributed by atoms with Gasteiger partial charge in [0.1, 0.15) is 5.02 Å². The number of rotatable bonds is 4. The number of halogens is 1. The first-order chi connectivity index (χ1) is 7.79. The van der Waals surface area contributed by atoms with Crippen molar-refractivity contribution < 1.29 is 5.11 Å². The molecule has 0 aliphatic heterocycles. The van der Waals surface area contributed by atoms with Crippen LogP contribution in [0.4, 0.5) is 5.69 Å². The summed E-state index contributed by atoms with van der Waals surface area (Å²) in [5.74, 6) is 0. The molecule has 0 aliphatic carbocycles. The highest BCUT2D eigenvalue weighted by molar-refractivity contribution is 6.32. The van der Waals surface area contributed by atoms with Crippen molar-refractivity contribution in [2.45, 2.75) is 45.9 Å². The zero-order valence-corrected chi connectivity index (χ0v) is 11.2. The van der Waals surface area contributed by atoms with Crippen LogP contribution in [0, 0.1) is 0 Å². The maximum absolute atomic E-state index is 11.7. The molecule has 1 aromatic heterocycles. The Kier molecular flexibility index (Phi) is 4.16. The molecular weight excluding hydrogens is 242 g/mol. The van der Waals surface area contributed by atoms with Crippen molar-refractivity contribution >= 4 is 17.3 Å². The number of nitrogens with one attached hydrogen (secondary N) is 1. The van der Waals surface area contributed by atoms with Gasteiger partial charge in [-0.15, -0.1) is 0 Å². The van der Waals surface area contributed by atoms with Crippen molar-refractivity contribution in [3.63, 3.8) is 0 Å². The van der Waals surface area contributed by atoms with Crippen LogP contribution < -0.4 is 10.9 Å². The van der Waals surface area contributed by atoms with Crippen LogP contribution in [0.3, 0.4) is 0 Å². The maximum atomic E-state index is 11.7. The van der Waals surface area contributed by atoms with Crippen molar-refractivity contribution in [3.05, 3.63) is 21.6 Å². The van der Waals surface area contributed by atoms with Crippen LogP contribution >= 0.6 is 11.6 Å². The van der Waals surface area contributed by atoms with Crippen molar-refractivity contribution in [1.29, 1.82) is 0 Å². The lowest BCUT2D eigenvalue weighted by atomic mass is 9.98. The number of nitrogens with zero attached hydrogens (tertiary/aromatic N) is 2. The maximum Gasteiger partial charge on any atom is 0.287 e. The van der Waals surface area contributed by atoms with Crippen LogP contribution in [-0.4, -0.2) is 26.5 Å². The van der Waals surface area contributed by atoms with Crippen molar-refractivity contribution in [2.24, 2.45) is 0 Å². The highest BCUT2D eigenvalue weighted by Gasteiger charge is 2.25. The fraction of sp³-hybridized carbons (Fsp3) is 0.636. The number of aliphatic hydroxyl groups is 1. The Balaban J connectivity index is 3.10. The third-order valence-corrected chi connectivity index (χ3v) is 3.15. The highest BCUT2D eigenvalue weighted by atomic mass is 35.5. The Morgan fingerprint density at radius 3 is 2.71 bits per heavy atom. The second-order valence-corrected chi connectivity index (χ2v) is 4.89. The number of hydrogen-bond acceptors (Lipinski definition) is 4. The van der Waals surface area contributed by atoms with Gasteiger partial charge in [-0.2, -0.15) is 5.10 Å². The number of anilines is 1. The van der Waals surface area contributed by atoms with Gasteiger partial charge in [-0.25, -0.2) is 4.68 Å². The molecule has 6 heteroatoms. The summed E-state index contributed by atoms with van der Waals surface area (Å²) in [6.45, 7) is 7.59. The fourth-order valence-corrected chi connectivity index (χ4v) is 1.42. The Hall–Kier alpha value is -1.07. The van der Waals surface area contributed by atoms with Crippen molar-refractivity contribution in [3.8, 4) is 0 Å². The van der Waals surface area contributed by atoms with Gasteiger partial charge in [0.15, 0.2) is 0 Å². The van der Waals surface area contributed by atoms with E-state index in [0.29, 0.717) is 12.2 Å². The summed E-state index contributed by atoms with van der Waals surface area (Å²) >= 11 is 5.97. The van der Waals surface area contributed by atoms with Gasteiger partial charge in [0.05, 0.1) is 23.5 Å². The molecule has 0 bridgehead atoms. The summed E-state index contributed by atoms with van der Waals surface area (Å²) in [5.41, 5.74) is -0.483. The summed E-state index contributed by atoms with van der Waals surface area (Å²) < 4.78 is 1.28. The lowest BCUT2D eigenvalue weighted by Crippen LogP contribution is -2.42. The molecule has 0 spiro atoms. The zero-order chi connectivity index (χ0) is 13.2. The first kappa shape index (κ1) is 14.0. The number of aliphatic hydroxyl groups excluding tert-OH is 1. The van der Waals surface area contributed by atoms with Gasteiger partial charge in [-0.3, -0.25) is 4.79 Å². The van der Waals surface area contributed by atoms with Gasteiger partial charge in [-0.1, -0.05) is 11.6 Å². The smallest absolute Gasteiger partial charge is 0.287 e. The van der Waals surface area contributed by atoms with Crippen LogP contribution in [0.25, 0.3) is 0 Å². The third-order valence-electron chi connectivity index (χ3n) is 2.79. The molecule has 96 valence electrons. The summed E-state index contributed by atoms with van der Waals surface area (Å²) in [5, 5.41) is 16.7. The molecular formula is C11H18ClN3O2. The molecule has 1 rings (SSSR count). The number of hydrogen-bond donors (Lipinski definition) is 2. The average Bonchev–Trinajstić information content (AvgIpc) is 2.25. The molecule has 1 aromatic rings. The summed E-state index contributed by atoms with van der Waals surface area (Å²) in [6, 6.07) is 0. The molecule has 0 amide bonds. The second-order valence-electron chi connectivity index (χ2n) is 4.52. The Bertz CT molecular complexity index is 455. The average molecular weight is 260 g/mol. The molecule has 1 unspecified atom stereocenters. The van der Waals surface area contributed by atoms with Crippen LogP contribution in [0.15, 0.2) is 11.0 Å².